The molecule has 0 unspecified atom stereocenters. The van der Waals surface area contributed by atoms with Crippen molar-refractivity contribution < 1.29 is 9.59 Å². The lowest BCUT2D eigenvalue weighted by atomic mass is 10.2. The molecule has 2 amide bonds. The van der Waals surface area contributed by atoms with Gasteiger partial charge in [0.15, 0.2) is 0 Å². The summed E-state index contributed by atoms with van der Waals surface area (Å²) < 4.78 is 0. The first-order valence-electron chi connectivity index (χ1n) is 7.17. The van der Waals surface area contributed by atoms with E-state index in [9.17, 15) is 9.59 Å². The molecule has 2 aliphatic rings. The van der Waals surface area contributed by atoms with E-state index in [1.54, 1.807) is 11.0 Å². The molecular weight excluding hydrogens is 254 g/mol. The molecule has 5 heteroatoms. The van der Waals surface area contributed by atoms with Gasteiger partial charge in [-0.3, -0.25) is 9.59 Å². The lowest BCUT2D eigenvalue weighted by molar-refractivity contribution is -0.134. The van der Waals surface area contributed by atoms with Gasteiger partial charge in [0.05, 0.1) is 0 Å². The molecule has 20 heavy (non-hydrogen) atoms. The van der Waals surface area contributed by atoms with E-state index >= 15 is 0 Å². The monoisotopic (exact) mass is 273 g/mol. The van der Waals surface area contributed by atoms with Crippen molar-refractivity contribution in [2.45, 2.75) is 19.8 Å². The first-order chi connectivity index (χ1) is 9.65. The van der Waals surface area contributed by atoms with Gasteiger partial charge in [0.2, 0.25) is 5.91 Å². The summed E-state index contributed by atoms with van der Waals surface area (Å²) in [6.45, 7) is 4.38. The molecule has 1 aliphatic carbocycles. The van der Waals surface area contributed by atoms with E-state index in [0.717, 1.165) is 18.5 Å². The van der Waals surface area contributed by atoms with E-state index in [-0.39, 0.29) is 17.7 Å². The fourth-order valence-corrected chi connectivity index (χ4v) is 2.54. The van der Waals surface area contributed by atoms with Gasteiger partial charge < -0.3 is 9.80 Å². The molecule has 1 aromatic rings. The van der Waals surface area contributed by atoms with Crippen LogP contribution in [-0.2, 0) is 4.79 Å². The number of nitrogens with zero attached hydrogens (tertiary/aromatic N) is 3. The van der Waals surface area contributed by atoms with Gasteiger partial charge in [-0.25, -0.2) is 4.98 Å². The van der Waals surface area contributed by atoms with Crippen molar-refractivity contribution in [1.29, 1.82) is 0 Å². The van der Waals surface area contributed by atoms with Crippen LogP contribution in [0.15, 0.2) is 18.2 Å². The summed E-state index contributed by atoms with van der Waals surface area (Å²) in [4.78, 5) is 32.2. The van der Waals surface area contributed by atoms with Crippen molar-refractivity contribution in [3.63, 3.8) is 0 Å². The Morgan fingerprint density at radius 2 is 1.75 bits per heavy atom. The standard InChI is InChI=1S/C15H19N3O2/c1-11-3-2-4-13(16-11)15(20)18-9-7-17(8-10-18)14(19)12-5-6-12/h2-4,12H,5-10H2,1H3. The van der Waals surface area contributed by atoms with E-state index in [2.05, 4.69) is 4.98 Å². The SMILES string of the molecule is Cc1cccc(C(=O)N2CCN(C(=O)C3CC3)CC2)n1. The summed E-state index contributed by atoms with van der Waals surface area (Å²) in [6.07, 6.45) is 2.07. The first-order valence-corrected chi connectivity index (χ1v) is 7.17. The van der Waals surface area contributed by atoms with Crippen molar-refractivity contribution in [2.75, 3.05) is 26.2 Å². The van der Waals surface area contributed by atoms with Gasteiger partial charge in [-0.15, -0.1) is 0 Å². The van der Waals surface area contributed by atoms with E-state index < -0.39 is 0 Å². The zero-order chi connectivity index (χ0) is 14.1. The quantitative estimate of drug-likeness (QED) is 0.810. The Balaban J connectivity index is 1.60. The van der Waals surface area contributed by atoms with Crippen LogP contribution in [0.2, 0.25) is 0 Å². The summed E-state index contributed by atoms with van der Waals surface area (Å²) in [5.41, 5.74) is 1.34. The van der Waals surface area contributed by atoms with Crippen molar-refractivity contribution in [3.8, 4) is 0 Å². The summed E-state index contributed by atoms with van der Waals surface area (Å²) in [6, 6.07) is 5.47. The Morgan fingerprint density at radius 3 is 2.35 bits per heavy atom. The first kappa shape index (κ1) is 13.1. The smallest absolute Gasteiger partial charge is 0.272 e. The number of piperazine rings is 1. The van der Waals surface area contributed by atoms with Crippen LogP contribution in [0.5, 0.6) is 0 Å². The largest absolute Gasteiger partial charge is 0.339 e. The predicted molar refractivity (Wildman–Crippen MR) is 74.2 cm³/mol. The van der Waals surface area contributed by atoms with Gasteiger partial charge in [0.1, 0.15) is 5.69 Å². The lowest BCUT2D eigenvalue weighted by Crippen LogP contribution is -2.51. The van der Waals surface area contributed by atoms with Gasteiger partial charge in [-0.1, -0.05) is 6.07 Å². The average molecular weight is 273 g/mol. The van der Waals surface area contributed by atoms with Gasteiger partial charge in [0.25, 0.3) is 5.91 Å². The van der Waals surface area contributed by atoms with Gasteiger partial charge in [-0.05, 0) is 31.9 Å². The highest BCUT2D eigenvalue weighted by molar-refractivity contribution is 5.92. The van der Waals surface area contributed by atoms with Gasteiger partial charge in [0, 0.05) is 37.8 Å². The van der Waals surface area contributed by atoms with Crippen LogP contribution in [0.4, 0.5) is 0 Å². The summed E-state index contributed by atoms with van der Waals surface area (Å²) in [5.74, 6) is 0.494. The maximum atomic E-state index is 12.3. The van der Waals surface area contributed by atoms with Crippen LogP contribution in [0.3, 0.4) is 0 Å². The molecule has 1 saturated heterocycles. The fraction of sp³-hybridized carbons (Fsp3) is 0.533. The second-order valence-corrected chi connectivity index (χ2v) is 5.56. The minimum absolute atomic E-state index is 0.0350. The molecule has 0 spiro atoms. The Labute approximate surface area is 118 Å². The summed E-state index contributed by atoms with van der Waals surface area (Å²) in [7, 11) is 0. The van der Waals surface area contributed by atoms with Crippen LogP contribution >= 0.6 is 0 Å². The molecule has 1 aliphatic heterocycles. The van der Waals surface area contributed by atoms with Gasteiger partial charge >= 0.3 is 0 Å². The molecule has 3 rings (SSSR count). The summed E-state index contributed by atoms with van der Waals surface area (Å²) in [5, 5.41) is 0. The second-order valence-electron chi connectivity index (χ2n) is 5.56. The highest BCUT2D eigenvalue weighted by Gasteiger charge is 2.35. The maximum Gasteiger partial charge on any atom is 0.272 e. The van der Waals surface area contributed by atoms with Crippen LogP contribution in [-0.4, -0.2) is 52.8 Å². The molecule has 106 valence electrons. The maximum absolute atomic E-state index is 12.3. The molecule has 0 aromatic carbocycles. The number of carbonyl (C=O) groups excluding carboxylic acids is 2. The third kappa shape index (κ3) is 2.66. The van der Waals surface area contributed by atoms with E-state index in [4.69, 9.17) is 0 Å². The van der Waals surface area contributed by atoms with Gasteiger partial charge in [-0.2, -0.15) is 0 Å². The molecule has 0 radical (unpaired) electrons. The average Bonchev–Trinajstić information content (AvgIpc) is 3.30. The molecule has 1 saturated carbocycles. The van der Waals surface area contributed by atoms with E-state index in [1.165, 1.54) is 0 Å². The molecule has 2 heterocycles. The number of carbonyl (C=O) groups is 2. The number of aromatic nitrogens is 1. The molecule has 0 atom stereocenters. The molecule has 0 bridgehead atoms. The third-order valence-corrected chi connectivity index (χ3v) is 3.91. The third-order valence-electron chi connectivity index (χ3n) is 3.91. The predicted octanol–water partition coefficient (Wildman–Crippen LogP) is 1.08. The Kier molecular flexibility index (Phi) is 3.42. The lowest BCUT2D eigenvalue weighted by Gasteiger charge is -2.34. The molecular formula is C15H19N3O2. The number of hydrogen-bond donors (Lipinski definition) is 0. The van der Waals surface area contributed by atoms with Crippen molar-refractivity contribution in [2.24, 2.45) is 5.92 Å². The molecule has 1 aromatic heterocycles. The highest BCUT2D eigenvalue weighted by atomic mass is 16.2. The van der Waals surface area contributed by atoms with E-state index in [1.807, 2.05) is 24.0 Å². The van der Waals surface area contributed by atoms with Crippen LogP contribution in [0, 0.1) is 12.8 Å². The minimum Gasteiger partial charge on any atom is -0.339 e. The van der Waals surface area contributed by atoms with Crippen molar-refractivity contribution >= 4 is 11.8 Å². The molecule has 2 fully saturated rings. The van der Waals surface area contributed by atoms with E-state index in [0.29, 0.717) is 31.9 Å². The summed E-state index contributed by atoms with van der Waals surface area (Å²) >= 11 is 0. The Hall–Kier alpha value is -1.91. The minimum atomic E-state index is -0.0350. The van der Waals surface area contributed by atoms with Crippen LogP contribution < -0.4 is 0 Å². The van der Waals surface area contributed by atoms with Crippen molar-refractivity contribution in [3.05, 3.63) is 29.6 Å². The fourth-order valence-electron chi connectivity index (χ4n) is 2.54. The number of pyridine rings is 1. The number of amides is 2. The Morgan fingerprint density at radius 1 is 1.10 bits per heavy atom. The Bertz CT molecular complexity index is 532. The number of hydrogen-bond acceptors (Lipinski definition) is 3. The number of aryl methyl sites for hydroxylation is 1. The zero-order valence-corrected chi connectivity index (χ0v) is 11.7. The second kappa shape index (κ2) is 5.23. The van der Waals surface area contributed by atoms with Crippen molar-refractivity contribution in [1.82, 2.24) is 14.8 Å². The molecule has 5 nitrogen and oxygen atoms in total. The highest BCUT2D eigenvalue weighted by Crippen LogP contribution is 2.31. The zero-order valence-electron chi connectivity index (χ0n) is 11.7. The van der Waals surface area contributed by atoms with Crippen LogP contribution in [0.1, 0.15) is 29.0 Å². The normalized spacial score (nSPS) is 19.1. The molecule has 0 N–H and O–H groups in total. The van der Waals surface area contributed by atoms with Crippen LogP contribution in [0.25, 0.3) is 0 Å². The number of rotatable bonds is 2. The topological polar surface area (TPSA) is 53.5 Å².